The summed E-state index contributed by atoms with van der Waals surface area (Å²) in [4.78, 5) is 13.5. The molecule has 6 nitrogen and oxygen atoms in total. The summed E-state index contributed by atoms with van der Waals surface area (Å²) in [6.45, 7) is 9.07. The van der Waals surface area contributed by atoms with Gasteiger partial charge in [-0.3, -0.25) is 4.79 Å². The minimum atomic E-state index is -0.798. The lowest BCUT2D eigenvalue weighted by molar-refractivity contribution is -0.137. The van der Waals surface area contributed by atoms with Gasteiger partial charge in [-0.05, 0) is 62.8 Å². The molecule has 1 atom stereocenters. The van der Waals surface area contributed by atoms with Crippen LogP contribution in [-0.4, -0.2) is 41.5 Å². The van der Waals surface area contributed by atoms with Gasteiger partial charge >= 0.3 is 5.97 Å². The minimum absolute atomic E-state index is 0.0731. The number of rotatable bonds is 7. The van der Waals surface area contributed by atoms with Crippen molar-refractivity contribution in [3.63, 3.8) is 0 Å². The maximum atomic E-state index is 11.0. The van der Waals surface area contributed by atoms with E-state index < -0.39 is 11.6 Å². The van der Waals surface area contributed by atoms with Gasteiger partial charge in [-0.1, -0.05) is 18.2 Å². The predicted octanol–water partition coefficient (Wildman–Crippen LogP) is 4.55. The summed E-state index contributed by atoms with van der Waals surface area (Å²) in [5.74, 6) is 0.256. The number of ether oxygens (including phenoxy) is 1. The lowest BCUT2D eigenvalue weighted by Gasteiger charge is -2.39. The van der Waals surface area contributed by atoms with E-state index in [4.69, 9.17) is 9.84 Å². The number of aliphatic carboxylic acids is 1. The number of benzene rings is 2. The molecule has 0 saturated carbocycles. The summed E-state index contributed by atoms with van der Waals surface area (Å²) in [5, 5.41) is 22.9. The smallest absolute Gasteiger partial charge is 0.304 e. The van der Waals surface area contributed by atoms with Gasteiger partial charge in [-0.2, -0.15) is 0 Å². The monoisotopic (exact) mass is 438 g/mol. The van der Waals surface area contributed by atoms with Crippen LogP contribution in [0.2, 0.25) is 0 Å². The first-order valence-corrected chi connectivity index (χ1v) is 11.5. The molecule has 1 saturated heterocycles. The van der Waals surface area contributed by atoms with Gasteiger partial charge in [-0.15, -0.1) is 0 Å². The number of nitrogens with one attached hydrogen (secondary N) is 1. The van der Waals surface area contributed by atoms with Gasteiger partial charge in [0.2, 0.25) is 0 Å². The van der Waals surface area contributed by atoms with Crippen LogP contribution < -0.4 is 15.0 Å². The average molecular weight is 439 g/mol. The van der Waals surface area contributed by atoms with Gasteiger partial charge in [0.25, 0.3) is 0 Å². The molecule has 0 spiro atoms. The minimum Gasteiger partial charge on any atom is -0.493 e. The van der Waals surface area contributed by atoms with Gasteiger partial charge in [0.1, 0.15) is 5.75 Å². The molecule has 2 aromatic rings. The van der Waals surface area contributed by atoms with E-state index in [9.17, 15) is 9.90 Å². The van der Waals surface area contributed by atoms with Crippen molar-refractivity contribution in [3.05, 3.63) is 53.1 Å². The normalized spacial score (nSPS) is 18.9. The van der Waals surface area contributed by atoms with Crippen molar-refractivity contribution in [2.24, 2.45) is 5.92 Å². The number of carbonyl (C=O) groups is 1. The van der Waals surface area contributed by atoms with Crippen molar-refractivity contribution in [3.8, 4) is 5.75 Å². The highest BCUT2D eigenvalue weighted by atomic mass is 16.5. The van der Waals surface area contributed by atoms with Crippen molar-refractivity contribution in [1.29, 1.82) is 0 Å². The fraction of sp³-hybridized carbons (Fsp3) is 0.500. The number of nitrogens with zero attached hydrogens (tertiary/aromatic N) is 1. The van der Waals surface area contributed by atoms with Crippen molar-refractivity contribution >= 4 is 17.3 Å². The first-order chi connectivity index (χ1) is 15.2. The second kappa shape index (κ2) is 9.02. The molecule has 0 unspecified atom stereocenters. The Morgan fingerprint density at radius 3 is 2.66 bits per heavy atom. The topological polar surface area (TPSA) is 82.0 Å². The van der Waals surface area contributed by atoms with E-state index in [1.54, 1.807) is 0 Å². The maximum Gasteiger partial charge on any atom is 0.304 e. The first kappa shape index (κ1) is 22.5. The number of carboxylic acid groups (broad SMARTS) is 1. The van der Waals surface area contributed by atoms with Crippen molar-refractivity contribution in [1.82, 2.24) is 0 Å². The molecule has 6 heteroatoms. The summed E-state index contributed by atoms with van der Waals surface area (Å²) in [5.41, 5.74) is 5.13. The first-order valence-electron chi connectivity index (χ1n) is 11.5. The lowest BCUT2D eigenvalue weighted by Crippen LogP contribution is -2.42. The second-order valence-electron chi connectivity index (χ2n) is 9.69. The molecular formula is C26H34N2O4. The number of piperidine rings is 1. The highest BCUT2D eigenvalue weighted by Gasteiger charge is 2.31. The molecule has 32 heavy (non-hydrogen) atoms. The molecule has 1 fully saturated rings. The average Bonchev–Trinajstić information content (AvgIpc) is 3.14. The predicted molar refractivity (Wildman–Crippen MR) is 127 cm³/mol. The Morgan fingerprint density at radius 1 is 1.22 bits per heavy atom. The molecule has 2 aliphatic rings. The fourth-order valence-corrected chi connectivity index (χ4v) is 4.99. The van der Waals surface area contributed by atoms with Crippen LogP contribution in [0.4, 0.5) is 11.4 Å². The fourth-order valence-electron chi connectivity index (χ4n) is 4.99. The summed E-state index contributed by atoms with van der Waals surface area (Å²) in [6, 6.07) is 12.4. The van der Waals surface area contributed by atoms with Crippen LogP contribution in [0.5, 0.6) is 5.75 Å². The summed E-state index contributed by atoms with van der Waals surface area (Å²) in [6.07, 6.45) is 2.10. The maximum absolute atomic E-state index is 11.0. The zero-order valence-electron chi connectivity index (χ0n) is 19.2. The van der Waals surface area contributed by atoms with Gasteiger partial charge < -0.3 is 25.2 Å². The van der Waals surface area contributed by atoms with Crippen LogP contribution >= 0.6 is 0 Å². The summed E-state index contributed by atoms with van der Waals surface area (Å²) < 4.78 is 5.73. The third-order valence-electron chi connectivity index (χ3n) is 7.05. The molecule has 0 bridgehead atoms. The molecule has 2 aromatic carbocycles. The van der Waals surface area contributed by atoms with Gasteiger partial charge in [0.15, 0.2) is 0 Å². The van der Waals surface area contributed by atoms with Crippen molar-refractivity contribution in [2.45, 2.75) is 58.1 Å². The molecular weight excluding hydrogens is 404 g/mol. The summed E-state index contributed by atoms with van der Waals surface area (Å²) in [7, 11) is 0. The van der Waals surface area contributed by atoms with E-state index >= 15 is 0 Å². The van der Waals surface area contributed by atoms with Gasteiger partial charge in [-0.25, -0.2) is 0 Å². The molecule has 0 aliphatic carbocycles. The Bertz CT molecular complexity index is 974. The highest BCUT2D eigenvalue weighted by molar-refractivity contribution is 5.69. The quantitative estimate of drug-likeness (QED) is 0.589. The molecule has 2 aliphatic heterocycles. The zero-order chi connectivity index (χ0) is 22.9. The zero-order valence-corrected chi connectivity index (χ0v) is 19.2. The number of aliphatic hydroxyl groups is 1. The number of hydrogen-bond acceptors (Lipinski definition) is 5. The van der Waals surface area contributed by atoms with E-state index in [0.717, 1.165) is 42.9 Å². The molecule has 0 radical (unpaired) electrons. The third-order valence-corrected chi connectivity index (χ3v) is 7.05. The Morgan fingerprint density at radius 2 is 1.97 bits per heavy atom. The molecule has 4 rings (SSSR count). The van der Waals surface area contributed by atoms with Crippen LogP contribution in [0.25, 0.3) is 0 Å². The highest BCUT2D eigenvalue weighted by Crippen LogP contribution is 2.38. The Balaban J connectivity index is 1.40. The van der Waals surface area contributed by atoms with Gasteiger partial charge in [0.05, 0.1) is 18.6 Å². The van der Waals surface area contributed by atoms with Crippen LogP contribution in [0, 0.1) is 12.8 Å². The largest absolute Gasteiger partial charge is 0.493 e. The van der Waals surface area contributed by atoms with Crippen molar-refractivity contribution < 1.29 is 19.7 Å². The summed E-state index contributed by atoms with van der Waals surface area (Å²) >= 11 is 0. The number of fused-ring (bicyclic) bond motifs is 1. The molecule has 2 heterocycles. The van der Waals surface area contributed by atoms with E-state index in [-0.39, 0.29) is 12.3 Å². The lowest BCUT2D eigenvalue weighted by atomic mass is 9.83. The molecule has 172 valence electrons. The van der Waals surface area contributed by atoms with E-state index in [1.165, 1.54) is 16.8 Å². The Labute approximate surface area is 190 Å². The number of carboxylic acids is 1. The van der Waals surface area contributed by atoms with Crippen LogP contribution in [0.15, 0.2) is 36.4 Å². The Hall–Kier alpha value is -2.73. The Kier molecular flexibility index (Phi) is 6.33. The van der Waals surface area contributed by atoms with E-state index in [1.807, 2.05) is 32.0 Å². The standard InChI is InChI=1S/C26H34N2O4/c1-17-18(5-4-6-23(17)28-11-9-20(10-12-28)26(2,3)31)15-27-21-7-8-22-19(13-25(29)30)16-32-24(22)14-21/h4-8,14,19-20,27,31H,9-13,15-16H2,1-3H3,(H,29,30)/t19-/m1/s1. The molecule has 0 aromatic heterocycles. The number of hydrogen-bond donors (Lipinski definition) is 3. The van der Waals surface area contributed by atoms with Crippen LogP contribution in [0.3, 0.4) is 0 Å². The van der Waals surface area contributed by atoms with E-state index in [2.05, 4.69) is 35.3 Å². The molecule has 3 N–H and O–H groups in total. The van der Waals surface area contributed by atoms with E-state index in [0.29, 0.717) is 19.1 Å². The number of anilines is 2. The van der Waals surface area contributed by atoms with Crippen LogP contribution in [0.1, 0.15) is 55.7 Å². The van der Waals surface area contributed by atoms with Crippen LogP contribution in [-0.2, 0) is 11.3 Å². The van der Waals surface area contributed by atoms with Crippen molar-refractivity contribution in [2.75, 3.05) is 29.9 Å². The van der Waals surface area contributed by atoms with Gasteiger partial charge in [0, 0.05) is 48.6 Å². The molecule has 0 amide bonds. The second-order valence-corrected chi connectivity index (χ2v) is 9.69. The SMILES string of the molecule is Cc1c(CNc2ccc3c(c2)OC[C@H]3CC(=O)O)cccc1N1CCC(C(C)(C)O)CC1. The third kappa shape index (κ3) is 4.85.